The third-order valence-electron chi connectivity index (χ3n) is 0.817. The second kappa shape index (κ2) is 4.62. The van der Waals surface area contributed by atoms with Crippen molar-refractivity contribution in [3.05, 3.63) is 12.2 Å². The van der Waals surface area contributed by atoms with Gasteiger partial charge in [0.1, 0.15) is 6.61 Å². The van der Waals surface area contributed by atoms with Crippen LogP contribution in [0, 0.1) is 0 Å². The van der Waals surface area contributed by atoms with E-state index < -0.39 is 11.9 Å². The topological polar surface area (TPSA) is 52.6 Å². The molecule has 0 saturated carbocycles. The molecule has 0 aromatic rings. The van der Waals surface area contributed by atoms with Gasteiger partial charge in [0.25, 0.3) is 0 Å². The third-order valence-corrected chi connectivity index (χ3v) is 0.817. The number of carbonyl (C=O) groups excluding carboxylic acids is 2. The zero-order chi connectivity index (χ0) is 8.85. The lowest BCUT2D eigenvalue weighted by Crippen LogP contribution is -2.16. The van der Waals surface area contributed by atoms with E-state index in [1.54, 1.807) is 0 Å². The van der Waals surface area contributed by atoms with E-state index in [1.165, 1.54) is 14.0 Å². The molecule has 0 aliphatic carbocycles. The molecule has 0 fully saturated rings. The molecule has 0 atom stereocenters. The summed E-state index contributed by atoms with van der Waals surface area (Å²) in [6, 6.07) is 0. The van der Waals surface area contributed by atoms with Crippen molar-refractivity contribution in [3.63, 3.8) is 0 Å². The van der Waals surface area contributed by atoms with Gasteiger partial charge in [-0.1, -0.05) is 6.58 Å². The molecular formula is C7H10O4. The lowest BCUT2D eigenvalue weighted by Gasteiger charge is -1.99. The summed E-state index contributed by atoms with van der Waals surface area (Å²) in [5.41, 5.74) is 0.189. The van der Waals surface area contributed by atoms with Gasteiger partial charge in [0.15, 0.2) is 0 Å². The van der Waals surface area contributed by atoms with E-state index in [0.717, 1.165) is 0 Å². The number of hydrogen-bond donors (Lipinski definition) is 0. The van der Waals surface area contributed by atoms with Crippen LogP contribution in [0.4, 0.5) is 0 Å². The molecule has 0 aromatic heterocycles. The first kappa shape index (κ1) is 9.84. The van der Waals surface area contributed by atoms with Gasteiger partial charge in [0, 0.05) is 12.7 Å². The SMILES string of the molecule is C=C(C)C(=O)OC(=O)COC. The second-order valence-electron chi connectivity index (χ2n) is 1.97. The highest BCUT2D eigenvalue weighted by Crippen LogP contribution is 1.92. The largest absolute Gasteiger partial charge is 0.388 e. The minimum Gasteiger partial charge on any atom is -0.388 e. The van der Waals surface area contributed by atoms with E-state index in [4.69, 9.17) is 0 Å². The molecule has 0 bridgehead atoms. The number of carbonyl (C=O) groups is 2. The van der Waals surface area contributed by atoms with E-state index >= 15 is 0 Å². The molecule has 0 aliphatic heterocycles. The highest BCUT2D eigenvalue weighted by molar-refractivity contribution is 5.95. The van der Waals surface area contributed by atoms with Gasteiger partial charge in [-0.15, -0.1) is 0 Å². The summed E-state index contributed by atoms with van der Waals surface area (Å²) >= 11 is 0. The molecule has 4 heteroatoms. The average molecular weight is 158 g/mol. The molecule has 0 heterocycles. The van der Waals surface area contributed by atoms with Crippen LogP contribution in [-0.4, -0.2) is 25.7 Å². The van der Waals surface area contributed by atoms with E-state index in [0.29, 0.717) is 0 Å². The summed E-state index contributed by atoms with van der Waals surface area (Å²) in [5, 5.41) is 0. The van der Waals surface area contributed by atoms with Crippen molar-refractivity contribution in [1.82, 2.24) is 0 Å². The Labute approximate surface area is 64.8 Å². The quantitative estimate of drug-likeness (QED) is 0.336. The van der Waals surface area contributed by atoms with E-state index in [1.807, 2.05) is 0 Å². The molecule has 0 rings (SSSR count). The van der Waals surface area contributed by atoms with Crippen LogP contribution in [0.5, 0.6) is 0 Å². The number of rotatable bonds is 3. The van der Waals surface area contributed by atoms with E-state index in [2.05, 4.69) is 16.1 Å². The summed E-state index contributed by atoms with van der Waals surface area (Å²) in [7, 11) is 1.34. The first-order chi connectivity index (χ1) is 5.07. The van der Waals surface area contributed by atoms with Crippen LogP contribution in [-0.2, 0) is 19.1 Å². The Morgan fingerprint density at radius 2 is 2.00 bits per heavy atom. The lowest BCUT2D eigenvalue weighted by atomic mass is 10.4. The van der Waals surface area contributed by atoms with Crippen LogP contribution < -0.4 is 0 Å². The normalized spacial score (nSPS) is 8.91. The second-order valence-corrected chi connectivity index (χ2v) is 1.97. The maximum absolute atomic E-state index is 10.6. The van der Waals surface area contributed by atoms with Crippen LogP contribution in [0.3, 0.4) is 0 Å². The van der Waals surface area contributed by atoms with Gasteiger partial charge in [0.05, 0.1) is 0 Å². The van der Waals surface area contributed by atoms with Gasteiger partial charge >= 0.3 is 11.9 Å². The molecule has 4 nitrogen and oxygen atoms in total. The van der Waals surface area contributed by atoms with Crippen molar-refractivity contribution >= 4 is 11.9 Å². The first-order valence-electron chi connectivity index (χ1n) is 2.97. The average Bonchev–Trinajstić information content (AvgIpc) is 1.87. The minimum absolute atomic E-state index is 0.189. The van der Waals surface area contributed by atoms with E-state index in [9.17, 15) is 9.59 Å². The van der Waals surface area contributed by atoms with Crippen LogP contribution in [0.15, 0.2) is 12.2 Å². The highest BCUT2D eigenvalue weighted by atomic mass is 16.6. The predicted molar refractivity (Wildman–Crippen MR) is 37.8 cm³/mol. The summed E-state index contributed by atoms with van der Waals surface area (Å²) in [5.74, 6) is -1.42. The monoisotopic (exact) mass is 158 g/mol. The number of esters is 2. The molecule has 0 unspecified atom stereocenters. The number of methoxy groups -OCH3 is 1. The van der Waals surface area contributed by atoms with Crippen LogP contribution >= 0.6 is 0 Å². The Kier molecular flexibility index (Phi) is 4.14. The zero-order valence-corrected chi connectivity index (χ0v) is 6.55. The third kappa shape index (κ3) is 4.27. The molecule has 0 aromatic carbocycles. The van der Waals surface area contributed by atoms with Gasteiger partial charge < -0.3 is 9.47 Å². The highest BCUT2D eigenvalue weighted by Gasteiger charge is 2.09. The smallest absolute Gasteiger partial charge is 0.340 e. The van der Waals surface area contributed by atoms with Crippen LogP contribution in [0.1, 0.15) is 6.92 Å². The molecular weight excluding hydrogens is 148 g/mol. The molecule has 0 N–H and O–H groups in total. The van der Waals surface area contributed by atoms with Gasteiger partial charge in [0.2, 0.25) is 0 Å². The van der Waals surface area contributed by atoms with Crippen LogP contribution in [0.2, 0.25) is 0 Å². The van der Waals surface area contributed by atoms with Gasteiger partial charge in [-0.3, -0.25) is 0 Å². The standard InChI is InChI=1S/C7H10O4/c1-5(2)7(9)11-6(8)4-10-3/h1,4H2,2-3H3. The Morgan fingerprint density at radius 1 is 1.45 bits per heavy atom. The minimum atomic E-state index is -0.716. The van der Waals surface area contributed by atoms with Gasteiger partial charge in [-0.25, -0.2) is 9.59 Å². The molecule has 0 saturated heterocycles. The van der Waals surface area contributed by atoms with Gasteiger partial charge in [-0.05, 0) is 6.92 Å². The lowest BCUT2D eigenvalue weighted by molar-refractivity contribution is -0.159. The van der Waals surface area contributed by atoms with Crippen molar-refractivity contribution in [1.29, 1.82) is 0 Å². The fourth-order valence-electron chi connectivity index (χ4n) is 0.338. The Hall–Kier alpha value is -1.16. The van der Waals surface area contributed by atoms with Crippen LogP contribution in [0.25, 0.3) is 0 Å². The first-order valence-corrected chi connectivity index (χ1v) is 2.97. The van der Waals surface area contributed by atoms with Crippen molar-refractivity contribution in [2.75, 3.05) is 13.7 Å². The van der Waals surface area contributed by atoms with E-state index in [-0.39, 0.29) is 12.2 Å². The Bertz CT molecular complexity index is 183. The Balaban J connectivity index is 3.76. The predicted octanol–water partition coefficient (Wildman–Crippen LogP) is 0.279. The van der Waals surface area contributed by atoms with Crippen molar-refractivity contribution in [2.45, 2.75) is 6.92 Å². The maximum atomic E-state index is 10.6. The molecule has 0 aliphatic rings. The summed E-state index contributed by atoms with van der Waals surface area (Å²) in [6.45, 7) is 4.54. The molecule has 11 heavy (non-hydrogen) atoms. The van der Waals surface area contributed by atoms with Crippen molar-refractivity contribution in [2.24, 2.45) is 0 Å². The summed E-state index contributed by atoms with van der Waals surface area (Å²) in [6.07, 6.45) is 0. The van der Waals surface area contributed by atoms with Crippen molar-refractivity contribution < 1.29 is 19.1 Å². The number of ether oxygens (including phenoxy) is 2. The molecule has 0 amide bonds. The molecule has 62 valence electrons. The molecule has 0 radical (unpaired) electrons. The van der Waals surface area contributed by atoms with Crippen molar-refractivity contribution in [3.8, 4) is 0 Å². The number of hydrogen-bond acceptors (Lipinski definition) is 4. The van der Waals surface area contributed by atoms with Gasteiger partial charge in [-0.2, -0.15) is 0 Å². The Morgan fingerprint density at radius 3 is 2.36 bits per heavy atom. The fraction of sp³-hybridized carbons (Fsp3) is 0.429. The maximum Gasteiger partial charge on any atom is 0.340 e. The summed E-state index contributed by atoms with van der Waals surface area (Å²) in [4.78, 5) is 21.2. The fourth-order valence-corrected chi connectivity index (χ4v) is 0.338. The summed E-state index contributed by atoms with van der Waals surface area (Å²) < 4.78 is 8.68. The zero-order valence-electron chi connectivity index (χ0n) is 6.55. The molecule has 0 spiro atoms.